The summed E-state index contributed by atoms with van der Waals surface area (Å²) in [6.45, 7) is 0. The van der Waals surface area contributed by atoms with Crippen molar-refractivity contribution in [3.63, 3.8) is 0 Å². The first-order chi connectivity index (χ1) is 13.9. The third kappa shape index (κ3) is 3.30. The van der Waals surface area contributed by atoms with E-state index in [9.17, 15) is 15.0 Å². The number of carbonyl (C=O) groups is 1. The molecule has 0 bridgehead atoms. The minimum absolute atomic E-state index is 0.0384. The van der Waals surface area contributed by atoms with Crippen LogP contribution in [0.15, 0.2) is 47.2 Å². The van der Waals surface area contributed by atoms with Gasteiger partial charge in [-0.25, -0.2) is 0 Å². The molecule has 0 saturated heterocycles. The fraction of sp³-hybridized carbons (Fsp3) is 0.333. The average Bonchev–Trinajstić information content (AvgIpc) is 3.22. The third-order valence-corrected chi connectivity index (χ3v) is 5.64. The maximum absolute atomic E-state index is 12.9. The van der Waals surface area contributed by atoms with Gasteiger partial charge in [0.25, 0.3) is 5.89 Å². The van der Waals surface area contributed by atoms with Gasteiger partial charge in [0, 0.05) is 36.4 Å². The number of carbonyl (C=O) groups excluding carboxylic acids is 1. The highest BCUT2D eigenvalue weighted by molar-refractivity contribution is 6.01. The van der Waals surface area contributed by atoms with Crippen molar-refractivity contribution < 1.29 is 24.3 Å². The highest BCUT2D eigenvalue weighted by Gasteiger charge is 2.46. The van der Waals surface area contributed by atoms with Gasteiger partial charge in [-0.2, -0.15) is 4.98 Å². The van der Waals surface area contributed by atoms with Crippen molar-refractivity contribution in [3.8, 4) is 28.6 Å². The molecule has 3 heterocycles. The van der Waals surface area contributed by atoms with Gasteiger partial charge in [0.15, 0.2) is 11.6 Å². The number of hydrogen-bond donors (Lipinski definition) is 2. The number of aliphatic hydroxyl groups is 2. The summed E-state index contributed by atoms with van der Waals surface area (Å²) in [7, 11) is 0. The highest BCUT2D eigenvalue weighted by Crippen LogP contribution is 2.44. The van der Waals surface area contributed by atoms with Crippen LogP contribution in [-0.2, 0) is 0 Å². The summed E-state index contributed by atoms with van der Waals surface area (Å²) >= 11 is 0. The van der Waals surface area contributed by atoms with E-state index < -0.39 is 11.4 Å². The molecule has 148 valence electrons. The van der Waals surface area contributed by atoms with Gasteiger partial charge in [-0.15, -0.1) is 0 Å². The van der Waals surface area contributed by atoms with Gasteiger partial charge >= 0.3 is 0 Å². The van der Waals surface area contributed by atoms with E-state index in [0.29, 0.717) is 41.4 Å². The molecule has 0 atom stereocenters. The highest BCUT2D eigenvalue weighted by atomic mass is 16.5. The number of rotatable bonds is 2. The minimum atomic E-state index is -1.67. The Morgan fingerprint density at radius 1 is 1.03 bits per heavy atom. The molecule has 1 aromatic carbocycles. The van der Waals surface area contributed by atoms with E-state index in [-0.39, 0.29) is 25.0 Å². The topological polar surface area (TPSA) is 119 Å². The van der Waals surface area contributed by atoms with Gasteiger partial charge in [0.1, 0.15) is 11.4 Å². The third-order valence-electron chi connectivity index (χ3n) is 5.64. The Hall–Kier alpha value is -3.10. The van der Waals surface area contributed by atoms with Crippen LogP contribution in [0.3, 0.4) is 0 Å². The quantitative estimate of drug-likeness (QED) is 0.638. The van der Waals surface area contributed by atoms with Crippen molar-refractivity contribution in [1.29, 1.82) is 0 Å². The molecule has 1 saturated carbocycles. The molecule has 2 aromatic heterocycles. The molecule has 1 fully saturated rings. The van der Waals surface area contributed by atoms with Gasteiger partial charge in [-0.1, -0.05) is 5.16 Å². The minimum Gasteiger partial charge on any atom is -0.486 e. The summed E-state index contributed by atoms with van der Waals surface area (Å²) in [5.74, 6) is -0.483. The molecule has 1 aliphatic carbocycles. The first-order valence-corrected chi connectivity index (χ1v) is 9.49. The second-order valence-electron chi connectivity index (χ2n) is 7.74. The molecule has 0 amide bonds. The van der Waals surface area contributed by atoms with Crippen LogP contribution in [0.5, 0.6) is 5.75 Å². The summed E-state index contributed by atoms with van der Waals surface area (Å²) in [4.78, 5) is 21.3. The molecule has 8 nitrogen and oxygen atoms in total. The molecule has 2 N–H and O–H groups in total. The predicted octanol–water partition coefficient (Wildman–Crippen LogP) is 2.76. The van der Waals surface area contributed by atoms with E-state index in [1.54, 1.807) is 36.7 Å². The monoisotopic (exact) mass is 393 g/mol. The number of fused-ring (bicyclic) bond motifs is 1. The van der Waals surface area contributed by atoms with E-state index in [2.05, 4.69) is 15.1 Å². The standard InChI is InChI=1S/C21H19N3O5/c25-16-11-20(5-7-21(26,27)8-6-20)28-17-4-3-13(10-15(16)17)19-23-18(24-29-19)14-2-1-9-22-12-14/h1-4,9-10,12,26-27H,5-8,11H2. The maximum atomic E-state index is 12.9. The summed E-state index contributed by atoms with van der Waals surface area (Å²) in [5, 5.41) is 23.6. The summed E-state index contributed by atoms with van der Waals surface area (Å²) < 4.78 is 11.5. The Bertz CT molecular complexity index is 1070. The Labute approximate surface area is 166 Å². The lowest BCUT2D eigenvalue weighted by atomic mass is 9.76. The zero-order valence-corrected chi connectivity index (χ0v) is 15.5. The molecular weight excluding hydrogens is 374 g/mol. The molecular formula is C21H19N3O5. The number of pyridine rings is 1. The van der Waals surface area contributed by atoms with Crippen molar-refractivity contribution >= 4 is 5.78 Å². The van der Waals surface area contributed by atoms with E-state index in [1.807, 2.05) is 6.07 Å². The Morgan fingerprint density at radius 3 is 2.62 bits per heavy atom. The van der Waals surface area contributed by atoms with Crippen LogP contribution >= 0.6 is 0 Å². The van der Waals surface area contributed by atoms with Crippen LogP contribution in [-0.4, -0.2) is 42.5 Å². The Balaban J connectivity index is 1.42. The predicted molar refractivity (Wildman–Crippen MR) is 101 cm³/mol. The van der Waals surface area contributed by atoms with Gasteiger partial charge in [-0.3, -0.25) is 9.78 Å². The van der Waals surface area contributed by atoms with Gasteiger partial charge < -0.3 is 19.5 Å². The Kier molecular flexibility index (Phi) is 4.01. The zero-order valence-electron chi connectivity index (χ0n) is 15.5. The second kappa shape index (κ2) is 6.47. The van der Waals surface area contributed by atoms with Crippen LogP contribution in [0.2, 0.25) is 0 Å². The second-order valence-corrected chi connectivity index (χ2v) is 7.74. The average molecular weight is 393 g/mol. The lowest BCUT2D eigenvalue weighted by Crippen LogP contribution is -2.49. The number of hydrogen-bond acceptors (Lipinski definition) is 8. The number of ketones is 1. The number of benzene rings is 1. The molecule has 5 rings (SSSR count). The normalized spacial score (nSPS) is 19.6. The molecule has 1 spiro atoms. The first kappa shape index (κ1) is 18.0. The number of Topliss-reactive ketones (excluding diaryl/α,β-unsaturated/α-hetero) is 1. The van der Waals surface area contributed by atoms with Crippen LogP contribution < -0.4 is 4.74 Å². The molecule has 29 heavy (non-hydrogen) atoms. The van der Waals surface area contributed by atoms with E-state index in [0.717, 1.165) is 5.56 Å². The molecule has 8 heteroatoms. The lowest BCUT2D eigenvalue weighted by Gasteiger charge is -2.44. The number of aromatic nitrogens is 3. The summed E-state index contributed by atoms with van der Waals surface area (Å²) in [5.41, 5.74) is 1.17. The summed E-state index contributed by atoms with van der Waals surface area (Å²) in [6, 6.07) is 8.84. The van der Waals surface area contributed by atoms with Crippen molar-refractivity contribution in [3.05, 3.63) is 48.3 Å². The maximum Gasteiger partial charge on any atom is 0.258 e. The van der Waals surface area contributed by atoms with Crippen molar-refractivity contribution in [1.82, 2.24) is 15.1 Å². The molecule has 1 aliphatic heterocycles. The molecule has 2 aliphatic rings. The van der Waals surface area contributed by atoms with E-state index >= 15 is 0 Å². The van der Waals surface area contributed by atoms with Crippen molar-refractivity contribution in [2.45, 2.75) is 43.5 Å². The zero-order chi connectivity index (χ0) is 20.1. The van der Waals surface area contributed by atoms with Crippen LogP contribution in [0, 0.1) is 0 Å². The largest absolute Gasteiger partial charge is 0.486 e. The van der Waals surface area contributed by atoms with Gasteiger partial charge in [0.05, 0.1) is 12.0 Å². The van der Waals surface area contributed by atoms with Crippen LogP contribution in [0.1, 0.15) is 42.5 Å². The number of nitrogens with zero attached hydrogens (tertiary/aromatic N) is 3. The fourth-order valence-electron chi connectivity index (χ4n) is 3.96. The lowest BCUT2D eigenvalue weighted by molar-refractivity contribution is -0.202. The van der Waals surface area contributed by atoms with Crippen molar-refractivity contribution in [2.75, 3.05) is 0 Å². The van der Waals surface area contributed by atoms with Crippen LogP contribution in [0.25, 0.3) is 22.8 Å². The van der Waals surface area contributed by atoms with Crippen molar-refractivity contribution in [2.24, 2.45) is 0 Å². The first-order valence-electron chi connectivity index (χ1n) is 9.49. The number of ether oxygens (including phenoxy) is 1. The molecule has 0 unspecified atom stereocenters. The Morgan fingerprint density at radius 2 is 1.86 bits per heavy atom. The summed E-state index contributed by atoms with van der Waals surface area (Å²) in [6.07, 6.45) is 4.75. The molecule has 3 aromatic rings. The van der Waals surface area contributed by atoms with E-state index in [1.165, 1.54) is 0 Å². The fourth-order valence-corrected chi connectivity index (χ4v) is 3.96. The smallest absolute Gasteiger partial charge is 0.258 e. The van der Waals surface area contributed by atoms with Crippen LogP contribution in [0.4, 0.5) is 0 Å². The van der Waals surface area contributed by atoms with Gasteiger partial charge in [-0.05, 0) is 43.2 Å². The molecule has 0 radical (unpaired) electrons. The van der Waals surface area contributed by atoms with Gasteiger partial charge in [0.2, 0.25) is 5.82 Å². The van der Waals surface area contributed by atoms with E-state index in [4.69, 9.17) is 9.26 Å². The SMILES string of the molecule is O=C1CC2(CCC(O)(O)CC2)Oc2ccc(-c3nc(-c4cccnc4)no3)cc21.